The van der Waals surface area contributed by atoms with E-state index < -0.39 is 0 Å². The Hall–Kier alpha value is -3.79. The third kappa shape index (κ3) is 2.50. The number of benzene rings is 3. The van der Waals surface area contributed by atoms with E-state index in [9.17, 15) is 9.90 Å². The van der Waals surface area contributed by atoms with Crippen molar-refractivity contribution in [3.8, 4) is 16.9 Å². The molecule has 2 aromatic heterocycles. The Labute approximate surface area is 160 Å². The molecule has 0 aliphatic heterocycles. The van der Waals surface area contributed by atoms with Crippen molar-refractivity contribution >= 4 is 16.8 Å². The van der Waals surface area contributed by atoms with Crippen LogP contribution in [0.3, 0.4) is 0 Å². The molecule has 2 heterocycles. The molecule has 0 saturated carbocycles. The van der Waals surface area contributed by atoms with Crippen LogP contribution < -0.4 is 5.56 Å². The van der Waals surface area contributed by atoms with Crippen LogP contribution in [0.25, 0.3) is 27.9 Å². The van der Waals surface area contributed by atoms with Gasteiger partial charge in [0, 0.05) is 6.42 Å². The smallest absolute Gasteiger partial charge is 0.265 e. The van der Waals surface area contributed by atoms with Gasteiger partial charge in [-0.1, -0.05) is 72.8 Å². The number of para-hydroxylation sites is 2. The van der Waals surface area contributed by atoms with Crippen molar-refractivity contribution in [2.75, 3.05) is 0 Å². The summed E-state index contributed by atoms with van der Waals surface area (Å²) in [4.78, 5) is 13.4. The van der Waals surface area contributed by atoms with Crippen molar-refractivity contribution in [3.05, 3.63) is 106 Å². The molecule has 0 aliphatic rings. The molecule has 4 heteroatoms. The van der Waals surface area contributed by atoms with E-state index in [1.165, 1.54) is 0 Å². The Morgan fingerprint density at radius 2 is 1.46 bits per heavy atom. The summed E-state index contributed by atoms with van der Waals surface area (Å²) in [5.41, 5.74) is 4.03. The highest BCUT2D eigenvalue weighted by Gasteiger charge is 2.23. The fourth-order valence-electron chi connectivity index (χ4n) is 3.66. The van der Waals surface area contributed by atoms with Gasteiger partial charge >= 0.3 is 0 Å². The summed E-state index contributed by atoms with van der Waals surface area (Å²) in [5, 5.41) is 11.1. The minimum absolute atomic E-state index is 0.0286. The standard InChI is InChI=1S/C24H17NO3/c26-22-18(15-16-9-3-1-4-10-16)23(27)25-19-13-7-8-14-20(19)28-24(25)21(22)17-11-5-2-6-12-17/h1-14,26H,15H2. The highest BCUT2D eigenvalue weighted by molar-refractivity contribution is 5.88. The summed E-state index contributed by atoms with van der Waals surface area (Å²) in [5.74, 6) is -0.0286. The Kier molecular flexibility index (Phi) is 3.76. The average Bonchev–Trinajstić information content (AvgIpc) is 3.12. The maximum Gasteiger partial charge on any atom is 0.265 e. The van der Waals surface area contributed by atoms with E-state index in [-0.39, 0.29) is 11.3 Å². The lowest BCUT2D eigenvalue weighted by Crippen LogP contribution is -2.19. The average molecular weight is 367 g/mol. The molecule has 0 aliphatic carbocycles. The molecule has 0 fully saturated rings. The summed E-state index contributed by atoms with van der Waals surface area (Å²) in [6.07, 6.45) is 0.341. The van der Waals surface area contributed by atoms with Crippen molar-refractivity contribution in [2.45, 2.75) is 6.42 Å². The zero-order valence-corrected chi connectivity index (χ0v) is 15.0. The van der Waals surface area contributed by atoms with Gasteiger partial charge in [-0.05, 0) is 23.3 Å². The molecule has 0 radical (unpaired) electrons. The molecular weight excluding hydrogens is 350 g/mol. The van der Waals surface area contributed by atoms with E-state index >= 15 is 0 Å². The van der Waals surface area contributed by atoms with Crippen LogP contribution in [0.2, 0.25) is 0 Å². The minimum atomic E-state index is -0.263. The number of aromatic nitrogens is 1. The molecule has 0 amide bonds. The van der Waals surface area contributed by atoms with Crippen molar-refractivity contribution in [3.63, 3.8) is 0 Å². The van der Waals surface area contributed by atoms with Crippen molar-refractivity contribution in [2.24, 2.45) is 0 Å². The van der Waals surface area contributed by atoms with Gasteiger partial charge in [0.15, 0.2) is 5.58 Å². The second kappa shape index (κ2) is 6.43. The van der Waals surface area contributed by atoms with Crippen LogP contribution in [0.1, 0.15) is 11.1 Å². The van der Waals surface area contributed by atoms with Gasteiger partial charge in [0.1, 0.15) is 5.75 Å². The first-order valence-electron chi connectivity index (χ1n) is 9.11. The van der Waals surface area contributed by atoms with E-state index in [1.807, 2.05) is 84.9 Å². The van der Waals surface area contributed by atoms with Gasteiger partial charge in [-0.15, -0.1) is 0 Å². The first kappa shape index (κ1) is 16.4. The molecule has 0 spiro atoms. The third-order valence-corrected chi connectivity index (χ3v) is 5.00. The fourth-order valence-corrected chi connectivity index (χ4v) is 3.66. The number of hydrogen-bond acceptors (Lipinski definition) is 3. The largest absolute Gasteiger partial charge is 0.507 e. The zero-order valence-electron chi connectivity index (χ0n) is 15.0. The minimum Gasteiger partial charge on any atom is -0.507 e. The first-order chi connectivity index (χ1) is 13.7. The second-order valence-corrected chi connectivity index (χ2v) is 6.75. The van der Waals surface area contributed by atoms with Gasteiger partial charge in [0.2, 0.25) is 5.71 Å². The molecule has 5 rings (SSSR count). The van der Waals surface area contributed by atoms with Crippen LogP contribution >= 0.6 is 0 Å². The van der Waals surface area contributed by atoms with Crippen LogP contribution in [0, 0.1) is 0 Å². The highest BCUT2D eigenvalue weighted by atomic mass is 16.3. The first-order valence-corrected chi connectivity index (χ1v) is 9.11. The zero-order chi connectivity index (χ0) is 19.1. The third-order valence-electron chi connectivity index (χ3n) is 5.00. The van der Waals surface area contributed by atoms with E-state index in [0.717, 1.165) is 11.1 Å². The maximum absolute atomic E-state index is 13.4. The summed E-state index contributed by atoms with van der Waals surface area (Å²) < 4.78 is 7.57. The van der Waals surface area contributed by atoms with Gasteiger partial charge < -0.3 is 9.52 Å². The molecule has 0 saturated heterocycles. The molecule has 3 aromatic carbocycles. The Balaban J connectivity index is 1.90. The number of rotatable bonds is 3. The van der Waals surface area contributed by atoms with E-state index in [0.29, 0.717) is 34.4 Å². The summed E-state index contributed by atoms with van der Waals surface area (Å²) in [6, 6.07) is 26.6. The predicted molar refractivity (Wildman–Crippen MR) is 110 cm³/mol. The summed E-state index contributed by atoms with van der Waals surface area (Å²) >= 11 is 0. The molecule has 4 nitrogen and oxygen atoms in total. The van der Waals surface area contributed by atoms with Crippen LogP contribution in [0.5, 0.6) is 5.75 Å². The number of nitrogens with zero attached hydrogens (tertiary/aromatic N) is 1. The van der Waals surface area contributed by atoms with E-state index in [2.05, 4.69) is 0 Å². The lowest BCUT2D eigenvalue weighted by molar-refractivity contribution is 0.468. The lowest BCUT2D eigenvalue weighted by Gasteiger charge is -2.11. The van der Waals surface area contributed by atoms with Crippen molar-refractivity contribution in [1.29, 1.82) is 0 Å². The highest BCUT2D eigenvalue weighted by Crippen LogP contribution is 2.37. The molecule has 136 valence electrons. The SMILES string of the molecule is O=c1c(Cc2ccccc2)c(O)c(-c2ccccc2)c2oc3ccccc3n12. The molecule has 0 atom stereocenters. The fraction of sp³-hybridized carbons (Fsp3) is 0.0417. The molecule has 1 N–H and O–H groups in total. The van der Waals surface area contributed by atoms with Crippen LogP contribution in [0.15, 0.2) is 94.1 Å². The topological polar surface area (TPSA) is 54.8 Å². The molecule has 5 aromatic rings. The number of oxazole rings is 1. The Bertz CT molecular complexity index is 1350. The predicted octanol–water partition coefficient (Wildman–Crippen LogP) is 5.01. The van der Waals surface area contributed by atoms with E-state index in [4.69, 9.17) is 4.42 Å². The maximum atomic E-state index is 13.4. The van der Waals surface area contributed by atoms with Crippen molar-refractivity contribution < 1.29 is 9.52 Å². The second-order valence-electron chi connectivity index (χ2n) is 6.75. The number of fused-ring (bicyclic) bond motifs is 3. The van der Waals surface area contributed by atoms with Crippen LogP contribution in [-0.2, 0) is 6.42 Å². The summed E-state index contributed by atoms with van der Waals surface area (Å²) in [7, 11) is 0. The quantitative estimate of drug-likeness (QED) is 0.488. The summed E-state index contributed by atoms with van der Waals surface area (Å²) in [6.45, 7) is 0. The number of hydrogen-bond donors (Lipinski definition) is 1. The molecule has 28 heavy (non-hydrogen) atoms. The Morgan fingerprint density at radius 3 is 2.21 bits per heavy atom. The normalized spacial score (nSPS) is 11.3. The van der Waals surface area contributed by atoms with Crippen LogP contribution in [-0.4, -0.2) is 9.51 Å². The van der Waals surface area contributed by atoms with Gasteiger partial charge in [0.05, 0.1) is 16.6 Å². The van der Waals surface area contributed by atoms with Crippen LogP contribution in [0.4, 0.5) is 0 Å². The molecule has 0 unspecified atom stereocenters. The molecular formula is C24H17NO3. The number of aromatic hydroxyl groups is 1. The molecule has 0 bridgehead atoms. The van der Waals surface area contributed by atoms with Gasteiger partial charge in [-0.3, -0.25) is 4.79 Å². The van der Waals surface area contributed by atoms with E-state index in [1.54, 1.807) is 4.40 Å². The van der Waals surface area contributed by atoms with Gasteiger partial charge in [-0.2, -0.15) is 0 Å². The van der Waals surface area contributed by atoms with Gasteiger partial charge in [-0.25, -0.2) is 4.40 Å². The van der Waals surface area contributed by atoms with Crippen molar-refractivity contribution in [1.82, 2.24) is 4.40 Å². The monoisotopic (exact) mass is 367 g/mol. The lowest BCUT2D eigenvalue weighted by atomic mass is 9.99. The Morgan fingerprint density at radius 1 is 0.821 bits per heavy atom. The number of pyridine rings is 1. The van der Waals surface area contributed by atoms with Gasteiger partial charge in [0.25, 0.3) is 5.56 Å².